The van der Waals surface area contributed by atoms with E-state index in [1.54, 1.807) is 0 Å². The van der Waals surface area contributed by atoms with E-state index in [0.717, 1.165) is 23.8 Å². The summed E-state index contributed by atoms with van der Waals surface area (Å²) in [5.41, 5.74) is 0.670. The first kappa shape index (κ1) is 14.4. The average Bonchev–Trinajstić information content (AvgIpc) is 3.11. The van der Waals surface area contributed by atoms with Gasteiger partial charge in [-0.15, -0.1) is 0 Å². The Hall–Kier alpha value is -0.0400. The second-order valence-corrected chi connectivity index (χ2v) is 7.61. The van der Waals surface area contributed by atoms with E-state index < -0.39 is 0 Å². The third-order valence-corrected chi connectivity index (χ3v) is 5.82. The number of hydrogen-bond donors (Lipinski definition) is 1. The van der Waals surface area contributed by atoms with Gasteiger partial charge in [0.15, 0.2) is 0 Å². The summed E-state index contributed by atoms with van der Waals surface area (Å²) in [6.45, 7) is 10.9. The SMILES string of the molecule is CC(C)C1CCCC(NCC2(C(C)C)CC2)CC1. The zero-order valence-corrected chi connectivity index (χ0v) is 13.0. The van der Waals surface area contributed by atoms with Crippen LogP contribution >= 0.6 is 0 Å². The highest BCUT2D eigenvalue weighted by Crippen LogP contribution is 2.51. The smallest absolute Gasteiger partial charge is 0.00674 e. The van der Waals surface area contributed by atoms with Crippen molar-refractivity contribution < 1.29 is 0 Å². The average molecular weight is 251 g/mol. The van der Waals surface area contributed by atoms with Crippen LogP contribution in [-0.4, -0.2) is 12.6 Å². The molecule has 0 bridgehead atoms. The molecule has 2 aliphatic rings. The van der Waals surface area contributed by atoms with Crippen molar-refractivity contribution in [1.29, 1.82) is 0 Å². The van der Waals surface area contributed by atoms with Crippen LogP contribution in [0.1, 0.15) is 72.6 Å². The fraction of sp³-hybridized carbons (Fsp3) is 1.00. The third kappa shape index (κ3) is 3.50. The van der Waals surface area contributed by atoms with E-state index in [9.17, 15) is 0 Å². The Morgan fingerprint density at radius 2 is 1.72 bits per heavy atom. The maximum Gasteiger partial charge on any atom is 0.00674 e. The molecule has 0 amide bonds. The van der Waals surface area contributed by atoms with Crippen molar-refractivity contribution in [3.05, 3.63) is 0 Å². The number of hydrogen-bond acceptors (Lipinski definition) is 1. The van der Waals surface area contributed by atoms with Crippen LogP contribution in [0.15, 0.2) is 0 Å². The molecule has 2 rings (SSSR count). The molecule has 2 atom stereocenters. The molecule has 0 aromatic carbocycles. The minimum Gasteiger partial charge on any atom is -0.313 e. The molecule has 0 aliphatic heterocycles. The fourth-order valence-electron chi connectivity index (χ4n) is 3.67. The van der Waals surface area contributed by atoms with Gasteiger partial charge in [0.25, 0.3) is 0 Å². The van der Waals surface area contributed by atoms with Gasteiger partial charge in [-0.2, -0.15) is 0 Å². The van der Waals surface area contributed by atoms with Gasteiger partial charge in [-0.05, 0) is 55.3 Å². The second-order valence-electron chi connectivity index (χ2n) is 7.61. The molecular formula is C17H33N. The molecular weight excluding hydrogens is 218 g/mol. The summed E-state index contributed by atoms with van der Waals surface area (Å²) < 4.78 is 0. The van der Waals surface area contributed by atoms with Gasteiger partial charge in [0, 0.05) is 12.6 Å². The van der Waals surface area contributed by atoms with Crippen LogP contribution in [0.4, 0.5) is 0 Å². The van der Waals surface area contributed by atoms with Gasteiger partial charge in [0.2, 0.25) is 0 Å². The summed E-state index contributed by atoms with van der Waals surface area (Å²) in [4.78, 5) is 0. The lowest BCUT2D eigenvalue weighted by Gasteiger charge is -2.24. The summed E-state index contributed by atoms with van der Waals surface area (Å²) in [5, 5.41) is 3.91. The monoisotopic (exact) mass is 251 g/mol. The van der Waals surface area contributed by atoms with Gasteiger partial charge in [-0.1, -0.05) is 40.5 Å². The van der Waals surface area contributed by atoms with E-state index >= 15 is 0 Å². The zero-order chi connectivity index (χ0) is 13.2. The predicted molar refractivity (Wildman–Crippen MR) is 79.7 cm³/mol. The standard InChI is InChI=1S/C17H33N/c1-13(2)15-6-5-7-16(9-8-15)18-12-17(10-11-17)14(3)4/h13-16,18H,5-12H2,1-4H3. The Morgan fingerprint density at radius 1 is 1.00 bits per heavy atom. The lowest BCUT2D eigenvalue weighted by atomic mass is 9.89. The van der Waals surface area contributed by atoms with Crippen molar-refractivity contribution in [2.24, 2.45) is 23.2 Å². The van der Waals surface area contributed by atoms with Crippen LogP contribution in [0.5, 0.6) is 0 Å². The maximum absolute atomic E-state index is 3.91. The minimum atomic E-state index is 0.670. The molecule has 0 aromatic rings. The van der Waals surface area contributed by atoms with Gasteiger partial charge < -0.3 is 5.32 Å². The van der Waals surface area contributed by atoms with E-state index in [1.807, 2.05) is 0 Å². The van der Waals surface area contributed by atoms with Crippen molar-refractivity contribution in [2.45, 2.75) is 78.7 Å². The molecule has 18 heavy (non-hydrogen) atoms. The van der Waals surface area contributed by atoms with Crippen LogP contribution in [0.2, 0.25) is 0 Å². The largest absolute Gasteiger partial charge is 0.313 e. The highest BCUT2D eigenvalue weighted by molar-refractivity contribution is 4.97. The Morgan fingerprint density at radius 3 is 2.28 bits per heavy atom. The highest BCUT2D eigenvalue weighted by Gasteiger charge is 2.45. The Kier molecular flexibility index (Phi) is 4.75. The maximum atomic E-state index is 3.91. The molecule has 0 radical (unpaired) electrons. The van der Waals surface area contributed by atoms with E-state index in [4.69, 9.17) is 0 Å². The van der Waals surface area contributed by atoms with Crippen molar-refractivity contribution in [3.8, 4) is 0 Å². The first-order valence-electron chi connectivity index (χ1n) is 8.27. The van der Waals surface area contributed by atoms with E-state index in [0.29, 0.717) is 5.41 Å². The molecule has 2 unspecified atom stereocenters. The van der Waals surface area contributed by atoms with Crippen LogP contribution in [0, 0.1) is 23.2 Å². The Labute approximate surface area is 114 Å². The molecule has 0 heterocycles. The molecule has 0 aromatic heterocycles. The molecule has 0 spiro atoms. The summed E-state index contributed by atoms with van der Waals surface area (Å²) in [7, 11) is 0. The highest BCUT2D eigenvalue weighted by atomic mass is 14.9. The van der Waals surface area contributed by atoms with Gasteiger partial charge in [-0.25, -0.2) is 0 Å². The Balaban J connectivity index is 1.74. The first-order chi connectivity index (χ1) is 8.53. The topological polar surface area (TPSA) is 12.0 Å². The van der Waals surface area contributed by atoms with Gasteiger partial charge >= 0.3 is 0 Å². The second kappa shape index (κ2) is 5.94. The quantitative estimate of drug-likeness (QED) is 0.703. The van der Waals surface area contributed by atoms with Gasteiger partial charge in [-0.3, -0.25) is 0 Å². The first-order valence-corrected chi connectivity index (χ1v) is 8.27. The van der Waals surface area contributed by atoms with Crippen LogP contribution < -0.4 is 5.32 Å². The molecule has 1 heteroatoms. The minimum absolute atomic E-state index is 0.670. The summed E-state index contributed by atoms with van der Waals surface area (Å²) in [6, 6.07) is 0.810. The van der Waals surface area contributed by atoms with Crippen LogP contribution in [0.3, 0.4) is 0 Å². The van der Waals surface area contributed by atoms with Crippen LogP contribution in [-0.2, 0) is 0 Å². The molecule has 2 aliphatic carbocycles. The van der Waals surface area contributed by atoms with Crippen molar-refractivity contribution in [2.75, 3.05) is 6.54 Å². The fourth-order valence-corrected chi connectivity index (χ4v) is 3.67. The summed E-state index contributed by atoms with van der Waals surface area (Å²) in [6.07, 6.45) is 10.1. The number of nitrogens with one attached hydrogen (secondary N) is 1. The summed E-state index contributed by atoms with van der Waals surface area (Å²) in [5.74, 6) is 2.73. The van der Waals surface area contributed by atoms with E-state index in [-0.39, 0.29) is 0 Å². The van der Waals surface area contributed by atoms with E-state index in [2.05, 4.69) is 33.0 Å². The number of rotatable bonds is 5. The molecule has 1 nitrogen and oxygen atoms in total. The van der Waals surface area contributed by atoms with Gasteiger partial charge in [0.05, 0.1) is 0 Å². The van der Waals surface area contributed by atoms with Crippen molar-refractivity contribution >= 4 is 0 Å². The molecule has 0 saturated heterocycles. The zero-order valence-electron chi connectivity index (χ0n) is 13.0. The van der Waals surface area contributed by atoms with Crippen molar-refractivity contribution in [1.82, 2.24) is 5.32 Å². The lowest BCUT2D eigenvalue weighted by molar-refractivity contribution is 0.304. The third-order valence-electron chi connectivity index (χ3n) is 5.82. The predicted octanol–water partition coefficient (Wildman–Crippen LogP) is 4.62. The Bertz CT molecular complexity index is 252. The van der Waals surface area contributed by atoms with E-state index in [1.165, 1.54) is 51.5 Å². The molecule has 2 fully saturated rings. The van der Waals surface area contributed by atoms with Crippen molar-refractivity contribution in [3.63, 3.8) is 0 Å². The molecule has 106 valence electrons. The normalized spacial score (nSPS) is 31.7. The molecule has 1 N–H and O–H groups in total. The molecule has 2 saturated carbocycles. The summed E-state index contributed by atoms with van der Waals surface area (Å²) >= 11 is 0. The van der Waals surface area contributed by atoms with Crippen LogP contribution in [0.25, 0.3) is 0 Å². The van der Waals surface area contributed by atoms with Gasteiger partial charge in [0.1, 0.15) is 0 Å². The lowest BCUT2D eigenvalue weighted by Crippen LogP contribution is -2.35.